The number of anilines is 3. The number of hydrogen-bond acceptors (Lipinski definition) is 5. The van der Waals surface area contributed by atoms with Crippen LogP contribution >= 0.6 is 0 Å². The van der Waals surface area contributed by atoms with Gasteiger partial charge in [0.15, 0.2) is 17.2 Å². The van der Waals surface area contributed by atoms with Gasteiger partial charge < -0.3 is 21.1 Å². The Balaban J connectivity index is 0.980. The first kappa shape index (κ1) is 30.2. The Kier molecular flexibility index (Phi) is 5.56. The van der Waals surface area contributed by atoms with Gasteiger partial charge in [-0.05, 0) is 57.5 Å². The molecule has 2 atom stereocenters. The van der Waals surface area contributed by atoms with E-state index in [4.69, 9.17) is 0 Å². The van der Waals surface area contributed by atoms with Crippen LogP contribution in [0.15, 0.2) is 157 Å². The average molecular weight is 721 g/mol. The van der Waals surface area contributed by atoms with Crippen molar-refractivity contribution in [2.24, 2.45) is 11.8 Å². The Labute approximate surface area is 322 Å². The standard InChI is InChI=1S/C50H32N4O2/c55-47-43(33-25-23-27-11-9-21-39-41(27)45(33)53-49(51-39)35-17-5-1-13-29(35)30-14-2-6-18-36(30)49)48(56)44(47)34-26-24-28-12-10-22-40-42(28)46(34)54-50(52-40)37-19-7-3-15-31(37)32-16-4-8-20-38(32)50/h1-26,33,43,51-52,54-55H. The summed E-state index contributed by atoms with van der Waals surface area (Å²) in [5, 5.41) is 28.6. The van der Waals surface area contributed by atoms with Gasteiger partial charge in [0.1, 0.15) is 0 Å². The first-order valence-electron chi connectivity index (χ1n) is 19.3. The SMILES string of the molecule is O=C1C(c2ccc3cccc4c3c2NC2(N4)c3ccccc3-c3ccccc32)=C([O-])C1C1C=Cc2cccc3c2C1=[NH+]C1(N3)c2ccccc2-c2ccccc21. The maximum absolute atomic E-state index is 14.9. The number of hydrogen-bond donors (Lipinski definition) is 4. The molecule has 56 heavy (non-hydrogen) atoms. The Morgan fingerprint density at radius 2 is 1.18 bits per heavy atom. The van der Waals surface area contributed by atoms with Crippen LogP contribution in [0.4, 0.5) is 17.1 Å². The van der Waals surface area contributed by atoms with Crippen molar-refractivity contribution in [1.29, 1.82) is 0 Å². The van der Waals surface area contributed by atoms with Crippen LogP contribution in [0, 0.1) is 11.8 Å². The topological polar surface area (TPSA) is 90.2 Å². The molecule has 0 saturated carbocycles. The fourth-order valence-electron chi connectivity index (χ4n) is 10.8. The lowest BCUT2D eigenvalue weighted by molar-refractivity contribution is -0.543. The second-order valence-electron chi connectivity index (χ2n) is 15.7. The van der Waals surface area contributed by atoms with Gasteiger partial charge in [-0.3, -0.25) is 4.79 Å². The van der Waals surface area contributed by atoms with E-state index in [0.29, 0.717) is 5.56 Å². The van der Waals surface area contributed by atoms with Crippen LogP contribution in [-0.2, 0) is 16.1 Å². The smallest absolute Gasteiger partial charge is 0.289 e. The molecule has 13 rings (SSSR count). The van der Waals surface area contributed by atoms with Crippen LogP contribution in [0.5, 0.6) is 0 Å². The van der Waals surface area contributed by atoms with Crippen molar-refractivity contribution in [2.75, 3.05) is 16.0 Å². The molecule has 2 heterocycles. The number of rotatable bonds is 2. The summed E-state index contributed by atoms with van der Waals surface area (Å²) in [7, 11) is 0. The molecule has 6 aliphatic rings. The number of benzene rings is 7. The molecule has 0 saturated heterocycles. The Hall–Kier alpha value is -7.18. The zero-order valence-corrected chi connectivity index (χ0v) is 30.0. The zero-order valence-electron chi connectivity index (χ0n) is 30.0. The fraction of sp³-hybridized carbons (Fsp3) is 0.0800. The summed E-state index contributed by atoms with van der Waals surface area (Å²) in [6.07, 6.45) is 4.13. The van der Waals surface area contributed by atoms with Crippen LogP contribution in [0.3, 0.4) is 0 Å². The van der Waals surface area contributed by atoms with E-state index >= 15 is 0 Å². The van der Waals surface area contributed by atoms with Crippen molar-refractivity contribution in [1.82, 2.24) is 0 Å². The quantitative estimate of drug-likeness (QED) is 0.150. The van der Waals surface area contributed by atoms with Gasteiger partial charge in [-0.1, -0.05) is 133 Å². The van der Waals surface area contributed by atoms with E-state index in [-0.39, 0.29) is 17.1 Å². The second-order valence-corrected chi connectivity index (χ2v) is 15.7. The van der Waals surface area contributed by atoms with Crippen LogP contribution in [0.2, 0.25) is 0 Å². The van der Waals surface area contributed by atoms with Crippen LogP contribution in [-0.4, -0.2) is 11.5 Å². The highest BCUT2D eigenvalue weighted by Gasteiger charge is 2.55. The molecule has 2 unspecified atom stereocenters. The van der Waals surface area contributed by atoms with Gasteiger partial charge in [-0.2, -0.15) is 0 Å². The molecule has 0 amide bonds. The summed E-state index contributed by atoms with van der Waals surface area (Å²) in [4.78, 5) is 18.9. The third-order valence-electron chi connectivity index (χ3n) is 13.1. The Morgan fingerprint density at radius 3 is 1.86 bits per heavy atom. The molecule has 6 heteroatoms. The number of fused-ring (bicyclic) bond motifs is 10. The number of allylic oxidation sites excluding steroid dienone is 3. The summed E-state index contributed by atoms with van der Waals surface area (Å²) in [6, 6.07) is 50.4. The van der Waals surface area contributed by atoms with Gasteiger partial charge in [0.25, 0.3) is 5.66 Å². The van der Waals surface area contributed by atoms with Gasteiger partial charge in [0, 0.05) is 33.3 Å². The van der Waals surface area contributed by atoms with Gasteiger partial charge in [0.05, 0.1) is 39.9 Å². The predicted molar refractivity (Wildman–Crippen MR) is 220 cm³/mol. The van der Waals surface area contributed by atoms with Crippen molar-refractivity contribution in [3.63, 3.8) is 0 Å². The van der Waals surface area contributed by atoms with Gasteiger partial charge >= 0.3 is 0 Å². The monoisotopic (exact) mass is 720 g/mol. The first-order chi connectivity index (χ1) is 27.6. The number of carbonyl (C=O) groups is 1. The minimum Gasteiger partial charge on any atom is -0.874 e. The van der Waals surface area contributed by atoms with E-state index in [2.05, 4.69) is 167 Å². The molecule has 264 valence electrons. The van der Waals surface area contributed by atoms with Gasteiger partial charge in [0.2, 0.25) is 0 Å². The summed E-state index contributed by atoms with van der Waals surface area (Å²) >= 11 is 0. The summed E-state index contributed by atoms with van der Waals surface area (Å²) < 4.78 is 0. The number of ketones is 1. The molecule has 4 aliphatic carbocycles. The highest BCUT2D eigenvalue weighted by Crippen LogP contribution is 2.56. The molecular weight excluding hydrogens is 689 g/mol. The van der Waals surface area contributed by atoms with E-state index in [0.717, 1.165) is 89.2 Å². The maximum atomic E-state index is 14.9. The molecule has 0 fully saturated rings. The third kappa shape index (κ3) is 3.53. The van der Waals surface area contributed by atoms with E-state index in [9.17, 15) is 9.90 Å². The van der Waals surface area contributed by atoms with Crippen molar-refractivity contribution < 1.29 is 14.9 Å². The van der Waals surface area contributed by atoms with Crippen molar-refractivity contribution in [3.8, 4) is 22.3 Å². The molecule has 0 radical (unpaired) electrons. The molecular formula is C50H32N4O2. The van der Waals surface area contributed by atoms with Crippen LogP contribution in [0.25, 0.3) is 44.7 Å². The molecule has 7 aromatic rings. The molecule has 2 aliphatic heterocycles. The summed E-state index contributed by atoms with van der Waals surface area (Å²) in [5.41, 5.74) is 14.1. The highest BCUT2D eigenvalue weighted by atomic mass is 16.3. The van der Waals surface area contributed by atoms with Crippen LogP contribution < -0.4 is 26.0 Å². The normalized spacial score (nSPS) is 20.2. The Morgan fingerprint density at radius 1 is 0.571 bits per heavy atom. The zero-order chi connectivity index (χ0) is 36.9. The van der Waals surface area contributed by atoms with Gasteiger partial charge in [-0.25, -0.2) is 4.99 Å². The average Bonchev–Trinajstić information content (AvgIpc) is 3.66. The summed E-state index contributed by atoms with van der Waals surface area (Å²) in [5.74, 6) is -1.58. The molecule has 6 nitrogen and oxygen atoms in total. The maximum Gasteiger partial charge on any atom is 0.289 e. The number of carbonyl (C=O) groups excluding carboxylic acids is 1. The Bertz CT molecular complexity index is 2990. The minimum atomic E-state index is -0.853. The molecule has 4 N–H and O–H groups in total. The van der Waals surface area contributed by atoms with Crippen LogP contribution in [0.1, 0.15) is 38.9 Å². The van der Waals surface area contributed by atoms with E-state index in [1.165, 1.54) is 0 Å². The molecule has 0 bridgehead atoms. The fourth-order valence-corrected chi connectivity index (χ4v) is 10.8. The number of Topliss-reactive ketones (excluding diaryl/α,β-unsaturated/α-hetero) is 1. The largest absolute Gasteiger partial charge is 0.874 e. The molecule has 7 aromatic carbocycles. The lowest BCUT2D eigenvalue weighted by Gasteiger charge is -2.44. The van der Waals surface area contributed by atoms with E-state index < -0.39 is 23.2 Å². The lowest BCUT2D eigenvalue weighted by atomic mass is 9.66. The molecule has 0 aromatic heterocycles. The highest BCUT2D eigenvalue weighted by molar-refractivity contribution is 6.33. The van der Waals surface area contributed by atoms with E-state index in [1.807, 2.05) is 12.1 Å². The number of nitrogens with one attached hydrogen (secondary N) is 4. The van der Waals surface area contributed by atoms with Crippen molar-refractivity contribution in [2.45, 2.75) is 11.3 Å². The van der Waals surface area contributed by atoms with Gasteiger partial charge in [-0.15, -0.1) is 5.76 Å². The third-order valence-corrected chi connectivity index (χ3v) is 13.1. The lowest BCUT2D eigenvalue weighted by Crippen LogP contribution is -2.91. The second kappa shape index (κ2) is 10.3. The van der Waals surface area contributed by atoms with E-state index in [1.54, 1.807) is 0 Å². The minimum absolute atomic E-state index is 0.130. The predicted octanol–water partition coefficient (Wildman–Crippen LogP) is 7.35. The first-order valence-corrected chi connectivity index (χ1v) is 19.3. The van der Waals surface area contributed by atoms with Crippen molar-refractivity contribution in [3.05, 3.63) is 196 Å². The molecule has 2 spiro atoms. The summed E-state index contributed by atoms with van der Waals surface area (Å²) in [6.45, 7) is 0. The van der Waals surface area contributed by atoms with Crippen molar-refractivity contribution >= 4 is 51.0 Å².